The Morgan fingerprint density at radius 2 is 1.90 bits per heavy atom. The molecule has 1 aliphatic heterocycles. The summed E-state index contributed by atoms with van der Waals surface area (Å²) in [6, 6.07) is 0. The number of hydrogen-bond donors (Lipinski definition) is 0. The summed E-state index contributed by atoms with van der Waals surface area (Å²) in [4.78, 5) is 12.1. The van der Waals surface area contributed by atoms with Crippen LogP contribution < -0.4 is 0 Å². The first-order chi connectivity index (χ1) is 8.89. The number of hydrogen-bond acceptors (Lipinski definition) is 5. The number of ether oxygens (including phenoxy) is 3. The zero-order valence-corrected chi connectivity index (χ0v) is 14.9. The number of esters is 1. The van der Waals surface area contributed by atoms with Crippen molar-refractivity contribution < 1.29 is 23.4 Å². The van der Waals surface area contributed by atoms with Crippen LogP contribution in [0.3, 0.4) is 0 Å². The lowest BCUT2D eigenvalue weighted by Crippen LogP contribution is -2.51. The Morgan fingerprint density at radius 1 is 1.35 bits per heavy atom. The van der Waals surface area contributed by atoms with Gasteiger partial charge in [-0.2, -0.15) is 0 Å². The summed E-state index contributed by atoms with van der Waals surface area (Å²) in [6.45, 7) is 14.6. The summed E-state index contributed by atoms with van der Waals surface area (Å²) in [6.07, 6.45) is -1.16. The van der Waals surface area contributed by atoms with E-state index in [1.807, 2.05) is 13.8 Å². The van der Waals surface area contributed by atoms with Gasteiger partial charge < -0.3 is 18.6 Å². The van der Waals surface area contributed by atoms with Crippen molar-refractivity contribution >= 4 is 14.3 Å². The molecule has 1 aliphatic rings. The van der Waals surface area contributed by atoms with E-state index in [1.54, 1.807) is 0 Å². The number of methoxy groups -OCH3 is 1. The van der Waals surface area contributed by atoms with Crippen molar-refractivity contribution in [2.75, 3.05) is 13.7 Å². The fraction of sp³-hybridized carbons (Fsp3) is 0.929. The molecule has 1 rings (SSSR count). The Hall–Kier alpha value is -0.433. The highest BCUT2D eigenvalue weighted by Crippen LogP contribution is 2.38. The van der Waals surface area contributed by atoms with Crippen molar-refractivity contribution in [2.24, 2.45) is 0 Å². The Kier molecular flexibility index (Phi) is 5.07. The van der Waals surface area contributed by atoms with Crippen LogP contribution in [0.5, 0.6) is 0 Å². The molecule has 0 radical (unpaired) electrons. The average Bonchev–Trinajstić information content (AvgIpc) is 2.64. The summed E-state index contributed by atoms with van der Waals surface area (Å²) >= 11 is 0. The predicted octanol–water partition coefficient (Wildman–Crippen LogP) is 2.70. The highest BCUT2D eigenvalue weighted by atomic mass is 28.4. The van der Waals surface area contributed by atoms with Crippen LogP contribution in [0.15, 0.2) is 0 Å². The molecular formula is C14H28O5Si. The quantitative estimate of drug-likeness (QED) is 0.590. The first-order valence-electron chi connectivity index (χ1n) is 6.97. The Morgan fingerprint density at radius 3 is 2.25 bits per heavy atom. The minimum absolute atomic E-state index is 0.00819. The van der Waals surface area contributed by atoms with Gasteiger partial charge in [0.25, 0.3) is 0 Å². The molecular weight excluding hydrogens is 276 g/mol. The molecule has 2 unspecified atom stereocenters. The standard InChI is InChI=1S/C14H28O5Si/c1-13(2,3)20(7,8)19-11(12(15)16-6)10-9-17-14(4,5)18-10/h10-11H,9H2,1-8H3. The van der Waals surface area contributed by atoms with Crippen LogP contribution in [0.2, 0.25) is 18.1 Å². The third-order valence-electron chi connectivity index (χ3n) is 4.03. The van der Waals surface area contributed by atoms with Gasteiger partial charge in [-0.3, -0.25) is 0 Å². The fourth-order valence-corrected chi connectivity index (χ4v) is 2.99. The zero-order chi connectivity index (χ0) is 15.8. The molecule has 0 saturated carbocycles. The van der Waals surface area contributed by atoms with Crippen molar-refractivity contribution in [1.29, 1.82) is 0 Å². The van der Waals surface area contributed by atoms with E-state index in [0.29, 0.717) is 6.61 Å². The van der Waals surface area contributed by atoms with Crippen LogP contribution in [0.4, 0.5) is 0 Å². The van der Waals surface area contributed by atoms with Crippen LogP contribution in [-0.2, 0) is 23.4 Å². The molecule has 0 spiro atoms. The van der Waals surface area contributed by atoms with E-state index in [2.05, 4.69) is 33.9 Å². The molecule has 2 atom stereocenters. The largest absolute Gasteiger partial charge is 0.467 e. The lowest BCUT2D eigenvalue weighted by Gasteiger charge is -2.39. The van der Waals surface area contributed by atoms with E-state index >= 15 is 0 Å². The van der Waals surface area contributed by atoms with Gasteiger partial charge in [0.05, 0.1) is 13.7 Å². The molecule has 20 heavy (non-hydrogen) atoms. The first kappa shape index (κ1) is 17.6. The van der Waals surface area contributed by atoms with Gasteiger partial charge in [0.2, 0.25) is 0 Å². The van der Waals surface area contributed by atoms with E-state index in [-0.39, 0.29) is 5.04 Å². The molecule has 118 valence electrons. The normalized spacial score (nSPS) is 24.5. The molecule has 0 aliphatic carbocycles. The van der Waals surface area contributed by atoms with Gasteiger partial charge in [0, 0.05) is 0 Å². The van der Waals surface area contributed by atoms with Crippen LogP contribution in [0.25, 0.3) is 0 Å². The second-order valence-electron chi connectivity index (χ2n) is 7.19. The summed E-state index contributed by atoms with van der Waals surface area (Å²) in [7, 11) is -0.731. The molecule has 6 heteroatoms. The van der Waals surface area contributed by atoms with Gasteiger partial charge >= 0.3 is 5.97 Å². The minimum atomic E-state index is -2.10. The fourth-order valence-electron chi connectivity index (χ4n) is 1.75. The Balaban J connectivity index is 2.90. The molecule has 0 bridgehead atoms. The van der Waals surface area contributed by atoms with Crippen molar-refractivity contribution in [3.8, 4) is 0 Å². The third-order valence-corrected chi connectivity index (χ3v) is 8.48. The van der Waals surface area contributed by atoms with E-state index in [0.717, 1.165) is 0 Å². The average molecular weight is 304 g/mol. The molecule has 1 heterocycles. The maximum atomic E-state index is 12.1. The molecule has 0 aromatic carbocycles. The maximum absolute atomic E-state index is 12.1. The predicted molar refractivity (Wildman–Crippen MR) is 79.0 cm³/mol. The van der Waals surface area contributed by atoms with E-state index in [1.165, 1.54) is 7.11 Å². The summed E-state index contributed by atoms with van der Waals surface area (Å²) in [5.41, 5.74) is 0. The van der Waals surface area contributed by atoms with Gasteiger partial charge in [0.15, 0.2) is 20.2 Å². The van der Waals surface area contributed by atoms with Gasteiger partial charge in [-0.05, 0) is 32.0 Å². The smallest absolute Gasteiger partial charge is 0.336 e. The summed E-state index contributed by atoms with van der Waals surface area (Å²) in [5, 5.41) is 0.00819. The SMILES string of the molecule is COC(=O)C(O[Si](C)(C)C(C)(C)C)C1COC(C)(C)O1. The van der Waals surface area contributed by atoms with Crippen LogP contribution >= 0.6 is 0 Å². The lowest BCUT2D eigenvalue weighted by atomic mass is 10.2. The van der Waals surface area contributed by atoms with Crippen molar-refractivity contribution in [3.63, 3.8) is 0 Å². The minimum Gasteiger partial charge on any atom is -0.467 e. The summed E-state index contributed by atoms with van der Waals surface area (Å²) in [5.74, 6) is -1.09. The molecule has 0 aromatic rings. The van der Waals surface area contributed by atoms with Crippen molar-refractivity contribution in [1.82, 2.24) is 0 Å². The van der Waals surface area contributed by atoms with Gasteiger partial charge in [-0.15, -0.1) is 0 Å². The summed E-state index contributed by atoms with van der Waals surface area (Å²) < 4.78 is 22.4. The molecule has 1 fully saturated rings. The van der Waals surface area contributed by atoms with Crippen molar-refractivity contribution in [3.05, 3.63) is 0 Å². The Bertz CT molecular complexity index is 359. The van der Waals surface area contributed by atoms with Gasteiger partial charge in [-0.1, -0.05) is 20.8 Å². The molecule has 1 saturated heterocycles. The topological polar surface area (TPSA) is 54.0 Å². The highest BCUT2D eigenvalue weighted by molar-refractivity contribution is 6.74. The molecule has 0 N–H and O–H groups in total. The maximum Gasteiger partial charge on any atom is 0.336 e. The Labute approximate surface area is 123 Å². The van der Waals surface area contributed by atoms with Gasteiger partial charge in [0.1, 0.15) is 6.10 Å². The van der Waals surface area contributed by atoms with Crippen LogP contribution in [-0.4, -0.2) is 46.0 Å². The number of rotatable bonds is 4. The lowest BCUT2D eigenvalue weighted by molar-refractivity contribution is -0.168. The van der Waals surface area contributed by atoms with E-state index in [9.17, 15) is 4.79 Å². The second kappa shape index (κ2) is 5.75. The van der Waals surface area contributed by atoms with E-state index in [4.69, 9.17) is 18.6 Å². The highest BCUT2D eigenvalue weighted by Gasteiger charge is 2.47. The van der Waals surface area contributed by atoms with Crippen molar-refractivity contribution in [2.45, 2.75) is 70.7 Å². The first-order valence-corrected chi connectivity index (χ1v) is 9.88. The van der Waals surface area contributed by atoms with Crippen LogP contribution in [0, 0.1) is 0 Å². The molecule has 5 nitrogen and oxygen atoms in total. The number of carbonyl (C=O) groups is 1. The zero-order valence-electron chi connectivity index (χ0n) is 13.9. The third kappa shape index (κ3) is 4.04. The van der Waals surface area contributed by atoms with Crippen LogP contribution in [0.1, 0.15) is 34.6 Å². The molecule has 0 aromatic heterocycles. The number of carbonyl (C=O) groups excluding carboxylic acids is 1. The van der Waals surface area contributed by atoms with Gasteiger partial charge in [-0.25, -0.2) is 4.79 Å². The second-order valence-corrected chi connectivity index (χ2v) is 11.9. The molecule has 0 amide bonds. The van der Waals surface area contributed by atoms with E-state index < -0.39 is 32.3 Å². The monoisotopic (exact) mass is 304 g/mol.